The lowest BCUT2D eigenvalue weighted by Crippen LogP contribution is -2.10. The first kappa shape index (κ1) is 15.1. The van der Waals surface area contributed by atoms with Crippen molar-refractivity contribution in [3.05, 3.63) is 41.6 Å². The number of hydrogen-bond acceptors (Lipinski definition) is 3. The van der Waals surface area contributed by atoms with Crippen LogP contribution in [0.2, 0.25) is 0 Å². The molecule has 21 heavy (non-hydrogen) atoms. The third kappa shape index (κ3) is 3.24. The van der Waals surface area contributed by atoms with Crippen LogP contribution in [-0.4, -0.2) is 22.4 Å². The molecule has 0 fully saturated rings. The molecule has 0 atom stereocenters. The Morgan fingerprint density at radius 1 is 1.33 bits per heavy atom. The Hall–Kier alpha value is -2.31. The average molecular weight is 298 g/mol. The molecule has 1 heterocycles. The summed E-state index contributed by atoms with van der Waals surface area (Å²) >= 11 is 0. The zero-order valence-corrected chi connectivity index (χ0v) is 11.4. The van der Waals surface area contributed by atoms with Gasteiger partial charge in [0.2, 0.25) is 0 Å². The molecule has 2 aromatic rings. The van der Waals surface area contributed by atoms with Crippen molar-refractivity contribution in [3.63, 3.8) is 0 Å². The van der Waals surface area contributed by atoms with E-state index in [1.807, 2.05) is 0 Å². The first-order valence-electron chi connectivity index (χ1n) is 6.21. The SMILES string of the molecule is CCOC(=O)c1cc(-c2cccc(C(F)(F)F)c2)nn1C. The number of carbonyl (C=O) groups is 1. The minimum atomic E-state index is -4.42. The Morgan fingerprint density at radius 3 is 2.67 bits per heavy atom. The van der Waals surface area contributed by atoms with E-state index in [4.69, 9.17) is 4.74 Å². The molecule has 0 aliphatic rings. The Kier molecular flexibility index (Phi) is 4.02. The highest BCUT2D eigenvalue weighted by Gasteiger charge is 2.30. The van der Waals surface area contributed by atoms with Crippen LogP contribution in [0.5, 0.6) is 0 Å². The molecule has 0 bridgehead atoms. The number of esters is 1. The quantitative estimate of drug-likeness (QED) is 0.817. The van der Waals surface area contributed by atoms with E-state index in [1.165, 1.54) is 29.9 Å². The van der Waals surface area contributed by atoms with Crippen LogP contribution >= 0.6 is 0 Å². The summed E-state index contributed by atoms with van der Waals surface area (Å²) in [5, 5.41) is 4.06. The maximum absolute atomic E-state index is 12.7. The summed E-state index contributed by atoms with van der Waals surface area (Å²) in [7, 11) is 1.53. The third-order valence-corrected chi connectivity index (χ3v) is 2.85. The molecule has 0 saturated carbocycles. The van der Waals surface area contributed by atoms with Gasteiger partial charge in [-0.3, -0.25) is 4.68 Å². The Labute approximate surface area is 119 Å². The van der Waals surface area contributed by atoms with Crippen LogP contribution in [-0.2, 0) is 18.0 Å². The van der Waals surface area contributed by atoms with Crippen LogP contribution in [0.4, 0.5) is 13.2 Å². The van der Waals surface area contributed by atoms with Gasteiger partial charge in [-0.2, -0.15) is 18.3 Å². The smallest absolute Gasteiger partial charge is 0.416 e. The molecule has 1 aromatic carbocycles. The normalized spacial score (nSPS) is 11.5. The summed E-state index contributed by atoms with van der Waals surface area (Å²) in [5.41, 5.74) is -0.00442. The zero-order valence-electron chi connectivity index (χ0n) is 11.4. The van der Waals surface area contributed by atoms with Gasteiger partial charge in [-0.05, 0) is 25.1 Å². The second kappa shape index (κ2) is 5.59. The van der Waals surface area contributed by atoms with E-state index in [0.29, 0.717) is 0 Å². The number of carbonyl (C=O) groups excluding carboxylic acids is 1. The maximum Gasteiger partial charge on any atom is 0.416 e. The van der Waals surface area contributed by atoms with E-state index in [0.717, 1.165) is 12.1 Å². The number of nitrogens with zero attached hydrogens (tertiary/aromatic N) is 2. The van der Waals surface area contributed by atoms with Gasteiger partial charge in [0.15, 0.2) is 0 Å². The highest BCUT2D eigenvalue weighted by molar-refractivity contribution is 5.89. The summed E-state index contributed by atoms with van der Waals surface area (Å²) in [4.78, 5) is 11.7. The van der Waals surface area contributed by atoms with E-state index in [-0.39, 0.29) is 23.6 Å². The zero-order chi connectivity index (χ0) is 15.6. The fraction of sp³-hybridized carbons (Fsp3) is 0.286. The molecule has 0 aliphatic carbocycles. The highest BCUT2D eigenvalue weighted by Crippen LogP contribution is 2.31. The maximum atomic E-state index is 12.7. The van der Waals surface area contributed by atoms with Gasteiger partial charge in [-0.1, -0.05) is 12.1 Å². The van der Waals surface area contributed by atoms with Crippen molar-refractivity contribution in [2.75, 3.05) is 6.61 Å². The van der Waals surface area contributed by atoms with E-state index >= 15 is 0 Å². The van der Waals surface area contributed by atoms with Crippen LogP contribution < -0.4 is 0 Å². The summed E-state index contributed by atoms with van der Waals surface area (Å²) in [5.74, 6) is -0.564. The lowest BCUT2D eigenvalue weighted by Gasteiger charge is -2.07. The standard InChI is InChI=1S/C14H13F3N2O2/c1-3-21-13(20)12-8-11(18-19(12)2)9-5-4-6-10(7-9)14(15,16)17/h4-8H,3H2,1-2H3. The van der Waals surface area contributed by atoms with Crippen LogP contribution in [0, 0.1) is 0 Å². The van der Waals surface area contributed by atoms with Gasteiger partial charge in [-0.15, -0.1) is 0 Å². The Bertz CT molecular complexity index is 662. The third-order valence-electron chi connectivity index (χ3n) is 2.85. The van der Waals surface area contributed by atoms with Gasteiger partial charge in [0, 0.05) is 12.6 Å². The number of rotatable bonds is 3. The van der Waals surface area contributed by atoms with Crippen molar-refractivity contribution in [3.8, 4) is 11.3 Å². The van der Waals surface area contributed by atoms with Gasteiger partial charge in [0.25, 0.3) is 0 Å². The molecule has 0 amide bonds. The lowest BCUT2D eigenvalue weighted by atomic mass is 10.1. The lowest BCUT2D eigenvalue weighted by molar-refractivity contribution is -0.137. The molecular formula is C14H13F3N2O2. The van der Waals surface area contributed by atoms with Crippen LogP contribution in [0.15, 0.2) is 30.3 Å². The molecule has 0 radical (unpaired) electrons. The van der Waals surface area contributed by atoms with E-state index < -0.39 is 17.7 Å². The fourth-order valence-electron chi connectivity index (χ4n) is 1.86. The molecule has 2 rings (SSSR count). The van der Waals surface area contributed by atoms with Crippen LogP contribution in [0.3, 0.4) is 0 Å². The molecule has 0 saturated heterocycles. The number of halogens is 3. The first-order valence-corrected chi connectivity index (χ1v) is 6.21. The molecule has 0 spiro atoms. The summed E-state index contributed by atoms with van der Waals surface area (Å²) in [6.45, 7) is 1.88. The number of ether oxygens (including phenoxy) is 1. The average Bonchev–Trinajstić information content (AvgIpc) is 2.80. The van der Waals surface area contributed by atoms with Gasteiger partial charge in [0.05, 0.1) is 17.9 Å². The van der Waals surface area contributed by atoms with Crippen molar-refractivity contribution in [1.29, 1.82) is 0 Å². The molecule has 0 N–H and O–H groups in total. The topological polar surface area (TPSA) is 44.1 Å². The van der Waals surface area contributed by atoms with Crippen LogP contribution in [0.1, 0.15) is 23.0 Å². The first-order chi connectivity index (χ1) is 9.82. The molecule has 0 unspecified atom stereocenters. The second-order valence-electron chi connectivity index (χ2n) is 4.34. The Balaban J connectivity index is 2.40. The van der Waals surface area contributed by atoms with Crippen molar-refractivity contribution >= 4 is 5.97 Å². The largest absolute Gasteiger partial charge is 0.461 e. The predicted molar refractivity (Wildman–Crippen MR) is 69.6 cm³/mol. The summed E-state index contributed by atoms with van der Waals surface area (Å²) < 4.78 is 44.2. The minimum absolute atomic E-state index is 0.185. The summed E-state index contributed by atoms with van der Waals surface area (Å²) in [6.07, 6.45) is -4.42. The monoisotopic (exact) mass is 298 g/mol. The van der Waals surface area contributed by atoms with E-state index in [9.17, 15) is 18.0 Å². The molecule has 0 aliphatic heterocycles. The van der Waals surface area contributed by atoms with Crippen LogP contribution in [0.25, 0.3) is 11.3 Å². The second-order valence-corrected chi connectivity index (χ2v) is 4.34. The number of benzene rings is 1. The molecule has 4 nitrogen and oxygen atoms in total. The molecular weight excluding hydrogens is 285 g/mol. The number of hydrogen-bond donors (Lipinski definition) is 0. The number of aryl methyl sites for hydroxylation is 1. The number of aromatic nitrogens is 2. The van der Waals surface area contributed by atoms with Crippen molar-refractivity contribution in [2.45, 2.75) is 13.1 Å². The molecule has 112 valence electrons. The van der Waals surface area contributed by atoms with Crippen molar-refractivity contribution < 1.29 is 22.7 Å². The van der Waals surface area contributed by atoms with E-state index in [2.05, 4.69) is 5.10 Å². The molecule has 1 aromatic heterocycles. The summed E-state index contributed by atoms with van der Waals surface area (Å²) in [6, 6.07) is 6.20. The molecule has 7 heteroatoms. The van der Waals surface area contributed by atoms with Gasteiger partial charge >= 0.3 is 12.1 Å². The van der Waals surface area contributed by atoms with Gasteiger partial charge < -0.3 is 4.74 Å². The predicted octanol–water partition coefficient (Wildman–Crippen LogP) is 3.28. The highest BCUT2D eigenvalue weighted by atomic mass is 19.4. The van der Waals surface area contributed by atoms with E-state index in [1.54, 1.807) is 6.92 Å². The van der Waals surface area contributed by atoms with Crippen molar-refractivity contribution in [1.82, 2.24) is 9.78 Å². The Morgan fingerprint density at radius 2 is 2.05 bits per heavy atom. The van der Waals surface area contributed by atoms with Gasteiger partial charge in [-0.25, -0.2) is 4.79 Å². The fourth-order valence-corrected chi connectivity index (χ4v) is 1.86. The minimum Gasteiger partial charge on any atom is -0.461 e. The van der Waals surface area contributed by atoms with Crippen molar-refractivity contribution in [2.24, 2.45) is 7.05 Å². The van der Waals surface area contributed by atoms with Gasteiger partial charge in [0.1, 0.15) is 5.69 Å². The number of alkyl halides is 3.